The molecular formula is C11H21N3O. The smallest absolute Gasteiger partial charge is 0.139 e. The summed E-state index contributed by atoms with van der Waals surface area (Å²) in [5.41, 5.74) is 7.67. The van der Waals surface area contributed by atoms with Crippen LogP contribution >= 0.6 is 0 Å². The predicted molar refractivity (Wildman–Crippen MR) is 61.4 cm³/mol. The van der Waals surface area contributed by atoms with Crippen LogP contribution in [0.1, 0.15) is 32.9 Å². The van der Waals surface area contributed by atoms with Gasteiger partial charge in [0.2, 0.25) is 0 Å². The van der Waals surface area contributed by atoms with Crippen LogP contribution in [0.3, 0.4) is 0 Å². The van der Waals surface area contributed by atoms with Crippen LogP contribution in [0.25, 0.3) is 0 Å². The molecule has 0 spiro atoms. The molecule has 2 N–H and O–H groups in total. The minimum absolute atomic E-state index is 0.318. The highest BCUT2D eigenvalue weighted by Crippen LogP contribution is 2.18. The quantitative estimate of drug-likeness (QED) is 0.777. The van der Waals surface area contributed by atoms with E-state index < -0.39 is 0 Å². The Labute approximate surface area is 91.4 Å². The van der Waals surface area contributed by atoms with Crippen molar-refractivity contribution in [3.8, 4) is 0 Å². The molecule has 0 aliphatic rings. The van der Waals surface area contributed by atoms with Crippen molar-refractivity contribution < 1.29 is 4.74 Å². The maximum atomic E-state index is 5.68. The Morgan fingerprint density at radius 3 is 2.60 bits per heavy atom. The highest BCUT2D eigenvalue weighted by atomic mass is 16.5. The van der Waals surface area contributed by atoms with Gasteiger partial charge in [-0.05, 0) is 18.8 Å². The van der Waals surface area contributed by atoms with Crippen LogP contribution in [-0.2, 0) is 11.5 Å². The fourth-order valence-electron chi connectivity index (χ4n) is 1.12. The minimum Gasteiger partial charge on any atom is -0.396 e. The third kappa shape index (κ3) is 3.91. The average molecular weight is 211 g/mol. The first-order valence-corrected chi connectivity index (χ1v) is 5.26. The summed E-state index contributed by atoms with van der Waals surface area (Å²) in [5, 5.41) is 4.12. The molecule has 0 saturated carbocycles. The van der Waals surface area contributed by atoms with E-state index in [9.17, 15) is 0 Å². The van der Waals surface area contributed by atoms with Crippen LogP contribution in [0, 0.1) is 12.3 Å². The van der Waals surface area contributed by atoms with Crippen molar-refractivity contribution in [3.05, 3.63) is 11.9 Å². The minimum atomic E-state index is 0.318. The molecular weight excluding hydrogens is 190 g/mol. The van der Waals surface area contributed by atoms with Crippen LogP contribution in [0.15, 0.2) is 6.20 Å². The van der Waals surface area contributed by atoms with E-state index in [0.717, 1.165) is 24.4 Å². The Morgan fingerprint density at radius 1 is 1.47 bits per heavy atom. The molecule has 0 atom stereocenters. The highest BCUT2D eigenvalue weighted by Gasteiger charge is 2.09. The summed E-state index contributed by atoms with van der Waals surface area (Å²) >= 11 is 0. The second kappa shape index (κ2) is 4.66. The lowest BCUT2D eigenvalue weighted by Gasteiger charge is -2.17. The summed E-state index contributed by atoms with van der Waals surface area (Å²) in [7, 11) is 0. The van der Waals surface area contributed by atoms with E-state index in [1.54, 1.807) is 10.9 Å². The number of aromatic nitrogens is 2. The van der Waals surface area contributed by atoms with E-state index >= 15 is 0 Å². The first kappa shape index (κ1) is 12.0. The van der Waals surface area contributed by atoms with Gasteiger partial charge in [0.05, 0.1) is 17.6 Å². The van der Waals surface area contributed by atoms with Gasteiger partial charge in [-0.1, -0.05) is 20.8 Å². The standard InChI is InChI=1S/C11H21N3O/c1-9-10(12)7-13-14(9)8-15-6-5-11(2,3)4/h7H,5-6,8,12H2,1-4H3. The van der Waals surface area contributed by atoms with Gasteiger partial charge < -0.3 is 10.5 Å². The van der Waals surface area contributed by atoms with E-state index in [1.807, 2.05) is 6.92 Å². The van der Waals surface area contributed by atoms with Crippen molar-refractivity contribution in [2.45, 2.75) is 40.8 Å². The van der Waals surface area contributed by atoms with Crippen LogP contribution in [-0.4, -0.2) is 16.4 Å². The number of hydrogen-bond acceptors (Lipinski definition) is 3. The molecule has 15 heavy (non-hydrogen) atoms. The number of nitrogen functional groups attached to an aromatic ring is 1. The van der Waals surface area contributed by atoms with Gasteiger partial charge in [-0.15, -0.1) is 0 Å². The number of hydrogen-bond donors (Lipinski definition) is 1. The zero-order valence-corrected chi connectivity index (χ0v) is 10.1. The molecule has 0 aliphatic carbocycles. The molecule has 0 aromatic carbocycles. The zero-order chi connectivity index (χ0) is 11.5. The van der Waals surface area contributed by atoms with E-state index in [1.165, 1.54) is 0 Å². The van der Waals surface area contributed by atoms with E-state index in [4.69, 9.17) is 10.5 Å². The molecule has 1 aromatic heterocycles. The summed E-state index contributed by atoms with van der Waals surface area (Å²) < 4.78 is 7.31. The summed E-state index contributed by atoms with van der Waals surface area (Å²) in [6.07, 6.45) is 2.70. The molecule has 0 aliphatic heterocycles. The van der Waals surface area contributed by atoms with Gasteiger partial charge in [0.1, 0.15) is 6.73 Å². The third-order valence-electron chi connectivity index (χ3n) is 2.35. The maximum absolute atomic E-state index is 5.68. The van der Waals surface area contributed by atoms with Gasteiger partial charge in [0, 0.05) is 6.61 Å². The van der Waals surface area contributed by atoms with Crippen molar-refractivity contribution in [2.24, 2.45) is 5.41 Å². The number of nitrogens with zero attached hydrogens (tertiary/aromatic N) is 2. The van der Waals surface area contributed by atoms with Crippen molar-refractivity contribution in [1.82, 2.24) is 9.78 Å². The van der Waals surface area contributed by atoms with Crippen LogP contribution in [0.5, 0.6) is 0 Å². The largest absolute Gasteiger partial charge is 0.396 e. The SMILES string of the molecule is Cc1c(N)cnn1COCCC(C)(C)C. The van der Waals surface area contributed by atoms with Gasteiger partial charge in [-0.25, -0.2) is 4.68 Å². The van der Waals surface area contributed by atoms with Gasteiger partial charge in [-0.2, -0.15) is 5.10 Å². The Bertz CT molecular complexity index is 312. The second-order valence-corrected chi connectivity index (χ2v) is 5.03. The van der Waals surface area contributed by atoms with Gasteiger partial charge in [0.25, 0.3) is 0 Å². The summed E-state index contributed by atoms with van der Waals surface area (Å²) in [6.45, 7) is 9.78. The molecule has 1 heterocycles. The van der Waals surface area contributed by atoms with Crippen molar-refractivity contribution in [1.29, 1.82) is 0 Å². The Morgan fingerprint density at radius 2 is 2.13 bits per heavy atom. The third-order valence-corrected chi connectivity index (χ3v) is 2.35. The van der Waals surface area contributed by atoms with Crippen LogP contribution in [0.4, 0.5) is 5.69 Å². The molecule has 0 saturated heterocycles. The number of rotatable bonds is 4. The fraction of sp³-hybridized carbons (Fsp3) is 0.727. The van der Waals surface area contributed by atoms with Gasteiger partial charge >= 0.3 is 0 Å². The molecule has 86 valence electrons. The maximum Gasteiger partial charge on any atom is 0.139 e. The second-order valence-electron chi connectivity index (χ2n) is 5.03. The van der Waals surface area contributed by atoms with Crippen molar-refractivity contribution in [3.63, 3.8) is 0 Å². The summed E-state index contributed by atoms with van der Waals surface area (Å²) in [5.74, 6) is 0. The molecule has 1 rings (SSSR count). The summed E-state index contributed by atoms with van der Waals surface area (Å²) in [4.78, 5) is 0. The van der Waals surface area contributed by atoms with Crippen molar-refractivity contribution in [2.75, 3.05) is 12.3 Å². The van der Waals surface area contributed by atoms with Crippen LogP contribution in [0.2, 0.25) is 0 Å². The molecule has 0 bridgehead atoms. The number of ether oxygens (including phenoxy) is 1. The normalized spacial score (nSPS) is 12.0. The van der Waals surface area contributed by atoms with E-state index in [2.05, 4.69) is 25.9 Å². The summed E-state index contributed by atoms with van der Waals surface area (Å²) in [6, 6.07) is 0. The van der Waals surface area contributed by atoms with E-state index in [0.29, 0.717) is 12.1 Å². The van der Waals surface area contributed by atoms with Gasteiger partial charge in [0.15, 0.2) is 0 Å². The highest BCUT2D eigenvalue weighted by molar-refractivity contribution is 5.39. The van der Waals surface area contributed by atoms with E-state index in [-0.39, 0.29) is 0 Å². The average Bonchev–Trinajstić information content (AvgIpc) is 2.42. The zero-order valence-electron chi connectivity index (χ0n) is 10.1. The molecule has 0 unspecified atom stereocenters. The predicted octanol–water partition coefficient (Wildman–Crippen LogP) is 2.18. The lowest BCUT2D eigenvalue weighted by atomic mass is 9.93. The molecule has 0 fully saturated rings. The number of anilines is 1. The lowest BCUT2D eigenvalue weighted by molar-refractivity contribution is 0.0507. The topological polar surface area (TPSA) is 53.1 Å². The Hall–Kier alpha value is -1.03. The molecule has 4 heteroatoms. The monoisotopic (exact) mass is 211 g/mol. The van der Waals surface area contributed by atoms with Crippen LogP contribution < -0.4 is 5.73 Å². The molecule has 0 radical (unpaired) electrons. The first-order valence-electron chi connectivity index (χ1n) is 5.26. The Balaban J connectivity index is 2.30. The fourth-order valence-corrected chi connectivity index (χ4v) is 1.12. The Kier molecular flexibility index (Phi) is 3.74. The van der Waals surface area contributed by atoms with Crippen molar-refractivity contribution >= 4 is 5.69 Å². The molecule has 4 nitrogen and oxygen atoms in total. The molecule has 1 aromatic rings. The lowest BCUT2D eigenvalue weighted by Crippen LogP contribution is -2.12. The first-order chi connectivity index (χ1) is 6.90. The molecule has 0 amide bonds. The van der Waals surface area contributed by atoms with Gasteiger partial charge in [-0.3, -0.25) is 0 Å². The number of nitrogens with two attached hydrogens (primary N) is 1.